The molecule has 2 saturated heterocycles. The Labute approximate surface area is 284 Å². The molecule has 47 heavy (non-hydrogen) atoms. The summed E-state index contributed by atoms with van der Waals surface area (Å²) in [5, 5.41) is 0.496. The maximum absolute atomic E-state index is 6.30. The Morgan fingerprint density at radius 1 is 0.723 bits per heavy atom. The van der Waals surface area contributed by atoms with Crippen molar-refractivity contribution in [1.29, 1.82) is 0 Å². The van der Waals surface area contributed by atoms with Gasteiger partial charge >= 0.3 is 0 Å². The van der Waals surface area contributed by atoms with Crippen molar-refractivity contribution in [3.05, 3.63) is 173 Å². The second-order valence-electron chi connectivity index (χ2n) is 12.7. The van der Waals surface area contributed by atoms with E-state index in [1.165, 1.54) is 27.8 Å². The number of morpholine rings is 1. The van der Waals surface area contributed by atoms with Crippen LogP contribution < -0.4 is 4.74 Å². The molecule has 0 spiro atoms. The van der Waals surface area contributed by atoms with Gasteiger partial charge in [-0.15, -0.1) is 11.8 Å². The normalized spacial score (nSPS) is 19.8. The molecule has 5 heteroatoms. The van der Waals surface area contributed by atoms with Crippen LogP contribution in [0.2, 0.25) is 0 Å². The molecule has 5 aromatic rings. The summed E-state index contributed by atoms with van der Waals surface area (Å²) in [7, 11) is 0. The topological polar surface area (TPSA) is 24.9 Å². The molecule has 2 aliphatic heterocycles. The summed E-state index contributed by atoms with van der Waals surface area (Å²) in [6.45, 7) is 6.49. The number of hydrogen-bond donors (Lipinski definition) is 0. The first-order valence-corrected chi connectivity index (χ1v) is 17.9. The highest BCUT2D eigenvalue weighted by atomic mass is 32.2. The van der Waals surface area contributed by atoms with Crippen LogP contribution in [0.25, 0.3) is 0 Å². The van der Waals surface area contributed by atoms with E-state index >= 15 is 0 Å². The Morgan fingerprint density at radius 2 is 1.28 bits per heavy atom. The third kappa shape index (κ3) is 7.05. The van der Waals surface area contributed by atoms with E-state index in [9.17, 15) is 0 Å². The molecule has 2 fully saturated rings. The van der Waals surface area contributed by atoms with Gasteiger partial charge in [0.1, 0.15) is 12.4 Å². The molecule has 0 radical (unpaired) electrons. The van der Waals surface area contributed by atoms with E-state index in [2.05, 4.69) is 174 Å². The van der Waals surface area contributed by atoms with Crippen molar-refractivity contribution in [1.82, 2.24) is 9.80 Å². The molecule has 0 saturated carbocycles. The van der Waals surface area contributed by atoms with Crippen LogP contribution in [0.15, 0.2) is 146 Å². The molecule has 0 N–H and O–H groups in total. The molecule has 2 aliphatic rings. The van der Waals surface area contributed by atoms with Gasteiger partial charge in [-0.05, 0) is 53.3 Å². The number of nitrogens with zero attached hydrogens (tertiary/aromatic N) is 2. The van der Waals surface area contributed by atoms with Crippen molar-refractivity contribution in [2.24, 2.45) is 0 Å². The third-order valence-corrected chi connectivity index (χ3v) is 11.0. The molecule has 240 valence electrons. The molecule has 0 bridgehead atoms. The van der Waals surface area contributed by atoms with Crippen molar-refractivity contribution < 1.29 is 9.47 Å². The smallest absolute Gasteiger partial charge is 0.119 e. The Hall–Kier alpha value is -3.87. The summed E-state index contributed by atoms with van der Waals surface area (Å²) < 4.78 is 12.4. The summed E-state index contributed by atoms with van der Waals surface area (Å²) in [5.41, 5.74) is 6.16. The van der Waals surface area contributed by atoms with Crippen LogP contribution in [0.4, 0.5) is 0 Å². The van der Waals surface area contributed by atoms with Gasteiger partial charge in [-0.2, -0.15) is 0 Å². The van der Waals surface area contributed by atoms with Crippen molar-refractivity contribution in [3.8, 4) is 5.75 Å². The van der Waals surface area contributed by atoms with Crippen LogP contribution >= 0.6 is 11.8 Å². The van der Waals surface area contributed by atoms with Gasteiger partial charge in [0.2, 0.25) is 0 Å². The van der Waals surface area contributed by atoms with E-state index in [1.54, 1.807) is 0 Å². The lowest BCUT2D eigenvalue weighted by Gasteiger charge is -2.43. The van der Waals surface area contributed by atoms with Gasteiger partial charge in [-0.25, -0.2) is 0 Å². The van der Waals surface area contributed by atoms with Crippen LogP contribution in [0.3, 0.4) is 0 Å². The number of rotatable bonds is 11. The zero-order valence-corrected chi connectivity index (χ0v) is 28.0. The van der Waals surface area contributed by atoms with Crippen molar-refractivity contribution in [2.75, 3.05) is 38.7 Å². The van der Waals surface area contributed by atoms with Gasteiger partial charge < -0.3 is 9.47 Å². The summed E-state index contributed by atoms with van der Waals surface area (Å²) in [6.07, 6.45) is 1.15. The highest BCUT2D eigenvalue weighted by Gasteiger charge is 2.45. The van der Waals surface area contributed by atoms with E-state index in [0.29, 0.717) is 17.9 Å². The van der Waals surface area contributed by atoms with Crippen LogP contribution in [-0.2, 0) is 16.7 Å². The molecule has 3 unspecified atom stereocenters. The molecular formula is C42H44N2O2S. The second kappa shape index (κ2) is 14.9. The van der Waals surface area contributed by atoms with Gasteiger partial charge in [0, 0.05) is 36.8 Å². The number of thioether (sulfide) groups is 1. The van der Waals surface area contributed by atoms with E-state index in [4.69, 9.17) is 9.47 Å². The minimum atomic E-state index is -0.360. The molecule has 3 atom stereocenters. The first-order valence-electron chi connectivity index (χ1n) is 16.9. The summed E-state index contributed by atoms with van der Waals surface area (Å²) in [4.78, 5) is 5.17. The minimum absolute atomic E-state index is 0.120. The molecule has 4 nitrogen and oxygen atoms in total. The highest BCUT2D eigenvalue weighted by molar-refractivity contribution is 8.00. The summed E-state index contributed by atoms with van der Waals surface area (Å²) in [5.74, 6) is 1.90. The number of benzene rings is 5. The Kier molecular flexibility index (Phi) is 10.1. The molecule has 2 heterocycles. The van der Waals surface area contributed by atoms with Gasteiger partial charge in [-0.3, -0.25) is 9.80 Å². The monoisotopic (exact) mass is 640 g/mol. The molecule has 0 aliphatic carbocycles. The lowest BCUT2D eigenvalue weighted by atomic mass is 9.75. The van der Waals surface area contributed by atoms with Crippen LogP contribution in [0.5, 0.6) is 5.75 Å². The number of hydrogen-bond acceptors (Lipinski definition) is 5. The maximum Gasteiger partial charge on any atom is 0.119 e. The summed E-state index contributed by atoms with van der Waals surface area (Å²) in [6, 6.07) is 52.8. The fraction of sp³-hybridized carbons (Fsp3) is 0.286. The van der Waals surface area contributed by atoms with E-state index in [0.717, 1.165) is 44.3 Å². The van der Waals surface area contributed by atoms with Crippen LogP contribution in [0, 0.1) is 0 Å². The van der Waals surface area contributed by atoms with Crippen LogP contribution in [-0.4, -0.2) is 59.8 Å². The molecular weight excluding hydrogens is 597 g/mol. The minimum Gasteiger partial charge on any atom is -0.492 e. The highest BCUT2D eigenvalue weighted by Crippen LogP contribution is 2.46. The van der Waals surface area contributed by atoms with E-state index in [-0.39, 0.29) is 11.6 Å². The van der Waals surface area contributed by atoms with E-state index in [1.807, 2.05) is 0 Å². The SMILES string of the molecule is CC(COc1ccc(CC2CN(C(c3ccccc3)(c3ccccc3)c3ccccc3)CS2)cc1)N1CCOC(c2ccccc2)C1. The second-order valence-corrected chi connectivity index (χ2v) is 14.0. The Balaban J connectivity index is 1.01. The zero-order valence-electron chi connectivity index (χ0n) is 27.2. The number of ether oxygens (including phenoxy) is 2. The summed E-state index contributed by atoms with van der Waals surface area (Å²) >= 11 is 2.07. The van der Waals surface area contributed by atoms with Gasteiger partial charge in [0.05, 0.1) is 18.2 Å². The van der Waals surface area contributed by atoms with E-state index < -0.39 is 0 Å². The first-order chi connectivity index (χ1) is 23.2. The Bertz CT molecular complexity index is 1570. The average Bonchev–Trinajstić information content (AvgIpc) is 3.61. The first kappa shape index (κ1) is 31.7. The molecule has 0 aromatic heterocycles. The third-order valence-electron chi connectivity index (χ3n) is 9.71. The Morgan fingerprint density at radius 3 is 1.85 bits per heavy atom. The fourth-order valence-electron chi connectivity index (χ4n) is 7.24. The average molecular weight is 641 g/mol. The predicted octanol–water partition coefficient (Wildman–Crippen LogP) is 8.44. The molecule has 0 amide bonds. The lowest BCUT2D eigenvalue weighted by Crippen LogP contribution is -2.47. The van der Waals surface area contributed by atoms with Gasteiger partial charge in [0.15, 0.2) is 0 Å². The fourth-order valence-corrected chi connectivity index (χ4v) is 8.52. The van der Waals surface area contributed by atoms with Crippen LogP contribution in [0.1, 0.15) is 40.8 Å². The van der Waals surface area contributed by atoms with Gasteiger partial charge in [0.25, 0.3) is 0 Å². The quantitative estimate of drug-likeness (QED) is 0.135. The van der Waals surface area contributed by atoms with Crippen molar-refractivity contribution in [3.63, 3.8) is 0 Å². The molecule has 7 rings (SSSR count). The zero-order chi connectivity index (χ0) is 31.9. The van der Waals surface area contributed by atoms with Crippen molar-refractivity contribution in [2.45, 2.75) is 36.3 Å². The lowest BCUT2D eigenvalue weighted by molar-refractivity contribution is -0.0478. The standard InChI is InChI=1S/C42H44N2O2S/c1-33(43-26-27-45-41(30-43)35-14-6-2-7-15-35)31-46-39-24-22-34(23-25-39)28-40-29-44(32-47-40)42(36-16-8-3-9-17-36,37-18-10-4-11-19-37)38-20-12-5-13-21-38/h2-25,33,40-41H,26-32H2,1H3. The van der Waals surface area contributed by atoms with Crippen molar-refractivity contribution >= 4 is 11.8 Å². The van der Waals surface area contributed by atoms with Gasteiger partial charge in [-0.1, -0.05) is 133 Å². The maximum atomic E-state index is 6.30. The largest absolute Gasteiger partial charge is 0.492 e. The molecule has 5 aromatic carbocycles. The predicted molar refractivity (Wildman–Crippen MR) is 194 cm³/mol.